The molecule has 1 aromatic carbocycles. The van der Waals surface area contributed by atoms with Gasteiger partial charge in [0.1, 0.15) is 4.99 Å². The highest BCUT2D eigenvalue weighted by Crippen LogP contribution is 2.28. The molecule has 0 aliphatic carbocycles. The van der Waals surface area contributed by atoms with Crippen molar-refractivity contribution in [3.8, 4) is 0 Å². The van der Waals surface area contributed by atoms with Gasteiger partial charge in [-0.05, 0) is 38.5 Å². The summed E-state index contributed by atoms with van der Waals surface area (Å²) in [6.07, 6.45) is 1.09. The molecule has 0 fully saturated rings. The maximum Gasteiger partial charge on any atom is 0.104 e. The SMILES string of the molecule is CCCN(c1ccc(C(N)=S)cc1Cl)C(C)C. The van der Waals surface area contributed by atoms with E-state index >= 15 is 0 Å². The Hall–Kier alpha value is -0.800. The number of nitrogens with two attached hydrogens (primary N) is 1. The topological polar surface area (TPSA) is 29.3 Å². The zero-order valence-electron chi connectivity index (χ0n) is 10.5. The first-order chi connectivity index (χ1) is 7.97. The maximum atomic E-state index is 6.29. The fourth-order valence-electron chi connectivity index (χ4n) is 1.79. The van der Waals surface area contributed by atoms with Crippen molar-refractivity contribution < 1.29 is 0 Å². The molecule has 0 saturated heterocycles. The van der Waals surface area contributed by atoms with Gasteiger partial charge in [0.05, 0.1) is 10.7 Å². The molecular formula is C13H19ClN2S. The lowest BCUT2D eigenvalue weighted by Crippen LogP contribution is -2.31. The van der Waals surface area contributed by atoms with Crippen LogP contribution >= 0.6 is 23.8 Å². The van der Waals surface area contributed by atoms with Crippen LogP contribution in [0, 0.1) is 0 Å². The second-order valence-corrected chi connectivity index (χ2v) is 5.16. The Morgan fingerprint density at radius 3 is 2.53 bits per heavy atom. The van der Waals surface area contributed by atoms with Crippen LogP contribution in [-0.4, -0.2) is 17.6 Å². The summed E-state index contributed by atoms with van der Waals surface area (Å²) in [5.41, 5.74) is 7.45. The first kappa shape index (κ1) is 14.3. The first-order valence-corrected chi connectivity index (χ1v) is 6.62. The molecule has 0 radical (unpaired) electrons. The average molecular weight is 271 g/mol. The standard InChI is InChI=1S/C13H19ClN2S/c1-4-7-16(9(2)3)12-6-5-10(13(15)17)8-11(12)14/h5-6,8-9H,4,7H2,1-3H3,(H2,15,17). The van der Waals surface area contributed by atoms with Crippen molar-refractivity contribution in [3.63, 3.8) is 0 Å². The Bertz CT molecular complexity index is 404. The first-order valence-electron chi connectivity index (χ1n) is 5.83. The van der Waals surface area contributed by atoms with Gasteiger partial charge in [0.2, 0.25) is 0 Å². The van der Waals surface area contributed by atoms with Crippen LogP contribution in [0.3, 0.4) is 0 Å². The number of rotatable bonds is 5. The van der Waals surface area contributed by atoms with Crippen LogP contribution in [0.25, 0.3) is 0 Å². The molecule has 0 spiro atoms. The Kier molecular flexibility index (Phi) is 5.22. The summed E-state index contributed by atoms with van der Waals surface area (Å²) in [5.74, 6) is 0. The highest BCUT2D eigenvalue weighted by atomic mass is 35.5. The van der Waals surface area contributed by atoms with Crippen molar-refractivity contribution >= 4 is 34.5 Å². The molecule has 0 heterocycles. The van der Waals surface area contributed by atoms with Gasteiger partial charge in [-0.2, -0.15) is 0 Å². The average Bonchev–Trinajstić information content (AvgIpc) is 2.26. The van der Waals surface area contributed by atoms with Gasteiger partial charge < -0.3 is 10.6 Å². The fraction of sp³-hybridized carbons (Fsp3) is 0.462. The lowest BCUT2D eigenvalue weighted by atomic mass is 10.1. The van der Waals surface area contributed by atoms with E-state index in [2.05, 4.69) is 25.7 Å². The van der Waals surface area contributed by atoms with E-state index in [4.69, 9.17) is 29.6 Å². The second kappa shape index (κ2) is 6.22. The molecule has 94 valence electrons. The van der Waals surface area contributed by atoms with Gasteiger partial charge in [-0.25, -0.2) is 0 Å². The summed E-state index contributed by atoms with van der Waals surface area (Å²) in [4.78, 5) is 2.66. The van der Waals surface area contributed by atoms with E-state index in [0.29, 0.717) is 16.1 Å². The molecule has 0 atom stereocenters. The Morgan fingerprint density at radius 2 is 2.12 bits per heavy atom. The third kappa shape index (κ3) is 3.58. The van der Waals surface area contributed by atoms with Crippen LogP contribution < -0.4 is 10.6 Å². The monoisotopic (exact) mass is 270 g/mol. The number of hydrogen-bond donors (Lipinski definition) is 1. The molecule has 0 bridgehead atoms. The van der Waals surface area contributed by atoms with Crippen molar-refractivity contribution in [2.45, 2.75) is 33.2 Å². The summed E-state index contributed by atoms with van der Waals surface area (Å²) in [7, 11) is 0. The second-order valence-electron chi connectivity index (χ2n) is 4.32. The molecule has 0 aliphatic rings. The molecule has 1 aromatic rings. The van der Waals surface area contributed by atoms with Crippen molar-refractivity contribution in [1.29, 1.82) is 0 Å². The van der Waals surface area contributed by atoms with E-state index in [0.717, 1.165) is 24.2 Å². The van der Waals surface area contributed by atoms with Crippen LogP contribution in [-0.2, 0) is 0 Å². The van der Waals surface area contributed by atoms with Crippen molar-refractivity contribution in [2.24, 2.45) is 5.73 Å². The quantitative estimate of drug-likeness (QED) is 0.829. The summed E-state index contributed by atoms with van der Waals surface area (Å²) >= 11 is 11.2. The minimum atomic E-state index is 0.380. The third-order valence-electron chi connectivity index (χ3n) is 2.63. The number of benzene rings is 1. The van der Waals surface area contributed by atoms with E-state index in [9.17, 15) is 0 Å². The molecule has 2 N–H and O–H groups in total. The van der Waals surface area contributed by atoms with Crippen LogP contribution in [0.5, 0.6) is 0 Å². The predicted octanol–water partition coefficient (Wildman–Crippen LogP) is 3.60. The predicted molar refractivity (Wildman–Crippen MR) is 80.1 cm³/mol. The van der Waals surface area contributed by atoms with E-state index in [1.54, 1.807) is 0 Å². The molecule has 0 unspecified atom stereocenters. The van der Waals surface area contributed by atoms with Crippen molar-refractivity contribution in [3.05, 3.63) is 28.8 Å². The fourth-order valence-corrected chi connectivity index (χ4v) is 2.21. The molecule has 0 amide bonds. The van der Waals surface area contributed by atoms with Gasteiger partial charge in [0.25, 0.3) is 0 Å². The van der Waals surface area contributed by atoms with E-state index in [1.807, 2.05) is 18.2 Å². The van der Waals surface area contributed by atoms with Gasteiger partial charge in [-0.1, -0.05) is 30.7 Å². The molecule has 0 aliphatic heterocycles. The molecule has 0 saturated carbocycles. The minimum Gasteiger partial charge on any atom is -0.389 e. The van der Waals surface area contributed by atoms with Crippen LogP contribution in [0.2, 0.25) is 5.02 Å². The zero-order valence-corrected chi connectivity index (χ0v) is 12.1. The van der Waals surface area contributed by atoms with Crippen molar-refractivity contribution in [1.82, 2.24) is 0 Å². The number of nitrogens with zero attached hydrogens (tertiary/aromatic N) is 1. The molecule has 1 rings (SSSR count). The van der Waals surface area contributed by atoms with E-state index < -0.39 is 0 Å². The van der Waals surface area contributed by atoms with Crippen LogP contribution in [0.1, 0.15) is 32.8 Å². The van der Waals surface area contributed by atoms with Gasteiger partial charge in [-0.3, -0.25) is 0 Å². The highest BCUT2D eigenvalue weighted by molar-refractivity contribution is 7.80. The number of thiocarbonyl (C=S) groups is 1. The summed E-state index contributed by atoms with van der Waals surface area (Å²) < 4.78 is 0. The number of anilines is 1. The number of hydrogen-bond acceptors (Lipinski definition) is 2. The Balaban J connectivity index is 3.08. The molecular weight excluding hydrogens is 252 g/mol. The molecule has 17 heavy (non-hydrogen) atoms. The minimum absolute atomic E-state index is 0.380. The smallest absolute Gasteiger partial charge is 0.104 e. The summed E-state index contributed by atoms with van der Waals surface area (Å²) in [6, 6.07) is 6.17. The van der Waals surface area contributed by atoms with E-state index in [1.165, 1.54) is 0 Å². The van der Waals surface area contributed by atoms with Crippen LogP contribution in [0.15, 0.2) is 18.2 Å². The Morgan fingerprint density at radius 1 is 1.47 bits per heavy atom. The summed E-state index contributed by atoms with van der Waals surface area (Å²) in [5, 5.41) is 0.706. The molecule has 2 nitrogen and oxygen atoms in total. The normalized spacial score (nSPS) is 10.6. The third-order valence-corrected chi connectivity index (χ3v) is 3.17. The van der Waals surface area contributed by atoms with Gasteiger partial charge in [0.15, 0.2) is 0 Å². The van der Waals surface area contributed by atoms with Gasteiger partial charge in [0, 0.05) is 18.2 Å². The number of halogens is 1. The lowest BCUT2D eigenvalue weighted by molar-refractivity contribution is 0.671. The zero-order chi connectivity index (χ0) is 13.0. The van der Waals surface area contributed by atoms with Gasteiger partial charge in [-0.15, -0.1) is 0 Å². The molecule has 0 aromatic heterocycles. The highest BCUT2D eigenvalue weighted by Gasteiger charge is 2.13. The maximum absolute atomic E-state index is 6.29. The Labute approximate surface area is 114 Å². The van der Waals surface area contributed by atoms with Crippen molar-refractivity contribution in [2.75, 3.05) is 11.4 Å². The largest absolute Gasteiger partial charge is 0.389 e. The molecule has 4 heteroatoms. The van der Waals surface area contributed by atoms with E-state index in [-0.39, 0.29) is 0 Å². The van der Waals surface area contributed by atoms with Gasteiger partial charge >= 0.3 is 0 Å². The summed E-state index contributed by atoms with van der Waals surface area (Å²) in [6.45, 7) is 7.47. The lowest BCUT2D eigenvalue weighted by Gasteiger charge is -2.29. The van der Waals surface area contributed by atoms with Crippen LogP contribution in [0.4, 0.5) is 5.69 Å².